The molecular weight excluding hydrogens is 254 g/mol. The molecule has 0 aliphatic rings. The number of phenolic OH excluding ortho intramolecular Hbond substituents is 1. The lowest BCUT2D eigenvalue weighted by atomic mass is 10.2. The maximum absolute atomic E-state index is 9.61. The van der Waals surface area contributed by atoms with Crippen molar-refractivity contribution in [3.05, 3.63) is 60.2 Å². The first kappa shape index (κ1) is 12.1. The SMILES string of the molecule is Oc1ccccc1C=Nc1nnc(-c2ccccc2)o1. The molecule has 1 aromatic heterocycles. The van der Waals surface area contributed by atoms with Gasteiger partial charge in [-0.15, -0.1) is 5.10 Å². The molecule has 5 heteroatoms. The smallest absolute Gasteiger partial charge is 0.342 e. The number of benzene rings is 2. The molecule has 20 heavy (non-hydrogen) atoms. The lowest BCUT2D eigenvalue weighted by Gasteiger charge is -1.95. The minimum Gasteiger partial charge on any atom is -0.507 e. The van der Waals surface area contributed by atoms with Crippen LogP contribution in [0.25, 0.3) is 11.5 Å². The number of phenols is 1. The van der Waals surface area contributed by atoms with Gasteiger partial charge in [-0.25, -0.2) is 4.99 Å². The van der Waals surface area contributed by atoms with Crippen LogP contribution in [-0.2, 0) is 0 Å². The van der Waals surface area contributed by atoms with Crippen molar-refractivity contribution in [3.63, 3.8) is 0 Å². The topological polar surface area (TPSA) is 71.5 Å². The van der Waals surface area contributed by atoms with E-state index < -0.39 is 0 Å². The van der Waals surface area contributed by atoms with E-state index in [0.717, 1.165) is 5.56 Å². The van der Waals surface area contributed by atoms with Gasteiger partial charge in [-0.05, 0) is 24.3 Å². The number of hydrogen-bond donors (Lipinski definition) is 1. The van der Waals surface area contributed by atoms with Crippen molar-refractivity contribution in [1.29, 1.82) is 0 Å². The molecule has 1 N–H and O–H groups in total. The molecule has 0 saturated heterocycles. The van der Waals surface area contributed by atoms with E-state index in [1.54, 1.807) is 18.2 Å². The number of aliphatic imine (C=N–C) groups is 1. The van der Waals surface area contributed by atoms with Crippen LogP contribution in [0.4, 0.5) is 6.01 Å². The Hall–Kier alpha value is -2.95. The predicted octanol–water partition coefficient (Wildman–Crippen LogP) is 3.19. The first-order valence-electron chi connectivity index (χ1n) is 6.04. The van der Waals surface area contributed by atoms with E-state index in [4.69, 9.17) is 4.42 Å². The maximum Gasteiger partial charge on any atom is 0.342 e. The number of para-hydroxylation sites is 1. The second kappa shape index (κ2) is 5.36. The van der Waals surface area contributed by atoms with Crippen LogP contribution in [0.1, 0.15) is 5.56 Å². The summed E-state index contributed by atoms with van der Waals surface area (Å²) in [6.07, 6.45) is 1.48. The molecule has 0 amide bonds. The Morgan fingerprint density at radius 1 is 0.950 bits per heavy atom. The Morgan fingerprint density at radius 3 is 2.50 bits per heavy atom. The molecule has 0 aliphatic heterocycles. The lowest BCUT2D eigenvalue weighted by Crippen LogP contribution is -1.80. The van der Waals surface area contributed by atoms with Crippen LogP contribution in [-0.4, -0.2) is 21.5 Å². The Morgan fingerprint density at radius 2 is 1.70 bits per heavy atom. The molecule has 0 aliphatic carbocycles. The molecule has 2 aromatic carbocycles. The molecular formula is C15H11N3O2. The van der Waals surface area contributed by atoms with Crippen LogP contribution < -0.4 is 0 Å². The summed E-state index contributed by atoms with van der Waals surface area (Å²) in [6, 6.07) is 16.5. The number of aromatic nitrogens is 2. The van der Waals surface area contributed by atoms with Gasteiger partial charge in [-0.3, -0.25) is 0 Å². The molecule has 0 bridgehead atoms. The zero-order valence-electron chi connectivity index (χ0n) is 10.5. The first-order chi connectivity index (χ1) is 9.83. The van der Waals surface area contributed by atoms with Crippen LogP contribution in [0.3, 0.4) is 0 Å². The van der Waals surface area contributed by atoms with E-state index in [9.17, 15) is 5.11 Å². The van der Waals surface area contributed by atoms with Crippen molar-refractivity contribution < 1.29 is 9.52 Å². The highest BCUT2D eigenvalue weighted by atomic mass is 16.4. The zero-order chi connectivity index (χ0) is 13.8. The molecule has 0 fully saturated rings. The van der Waals surface area contributed by atoms with Gasteiger partial charge in [-0.1, -0.05) is 35.4 Å². The van der Waals surface area contributed by atoms with Gasteiger partial charge in [0.2, 0.25) is 5.89 Å². The van der Waals surface area contributed by atoms with E-state index in [-0.39, 0.29) is 11.8 Å². The van der Waals surface area contributed by atoms with Gasteiger partial charge in [-0.2, -0.15) is 0 Å². The number of nitrogens with zero attached hydrogens (tertiary/aromatic N) is 3. The second-order valence-corrected chi connectivity index (χ2v) is 4.07. The maximum atomic E-state index is 9.61. The van der Waals surface area contributed by atoms with Gasteiger partial charge in [0.25, 0.3) is 0 Å². The summed E-state index contributed by atoms with van der Waals surface area (Å²) >= 11 is 0. The minimum atomic E-state index is 0.145. The summed E-state index contributed by atoms with van der Waals surface area (Å²) in [5.74, 6) is 0.564. The molecule has 98 valence electrons. The minimum absolute atomic E-state index is 0.145. The lowest BCUT2D eigenvalue weighted by molar-refractivity contribution is 0.474. The van der Waals surface area contributed by atoms with Crippen LogP contribution in [0.2, 0.25) is 0 Å². The summed E-state index contributed by atoms with van der Waals surface area (Å²) in [5, 5.41) is 17.4. The average Bonchev–Trinajstić information content (AvgIpc) is 2.96. The van der Waals surface area contributed by atoms with Gasteiger partial charge in [0, 0.05) is 17.3 Å². The largest absolute Gasteiger partial charge is 0.507 e. The Labute approximate surface area is 115 Å². The van der Waals surface area contributed by atoms with Gasteiger partial charge in [0.15, 0.2) is 0 Å². The van der Waals surface area contributed by atoms with E-state index in [2.05, 4.69) is 15.2 Å². The molecule has 3 rings (SSSR count). The Bertz CT molecular complexity index is 736. The Balaban J connectivity index is 1.83. The quantitative estimate of drug-likeness (QED) is 0.738. The predicted molar refractivity (Wildman–Crippen MR) is 75.1 cm³/mol. The zero-order valence-corrected chi connectivity index (χ0v) is 10.5. The fourth-order valence-electron chi connectivity index (χ4n) is 1.69. The third kappa shape index (κ3) is 2.56. The number of aromatic hydroxyl groups is 1. The summed E-state index contributed by atoms with van der Waals surface area (Å²) < 4.78 is 5.43. The fraction of sp³-hybridized carbons (Fsp3) is 0. The molecule has 1 heterocycles. The monoisotopic (exact) mass is 265 g/mol. The van der Waals surface area contributed by atoms with Gasteiger partial charge >= 0.3 is 6.01 Å². The summed E-state index contributed by atoms with van der Waals surface area (Å²) in [4.78, 5) is 4.06. The van der Waals surface area contributed by atoms with Crippen LogP contribution >= 0.6 is 0 Å². The average molecular weight is 265 g/mol. The van der Waals surface area contributed by atoms with Crippen molar-refractivity contribution in [2.24, 2.45) is 4.99 Å². The van der Waals surface area contributed by atoms with Crippen LogP contribution in [0.5, 0.6) is 5.75 Å². The summed E-state index contributed by atoms with van der Waals surface area (Å²) in [7, 11) is 0. The highest BCUT2D eigenvalue weighted by Gasteiger charge is 2.06. The van der Waals surface area contributed by atoms with Crippen molar-refractivity contribution in [3.8, 4) is 17.2 Å². The van der Waals surface area contributed by atoms with Crippen LogP contribution in [0, 0.1) is 0 Å². The highest BCUT2D eigenvalue weighted by Crippen LogP contribution is 2.21. The normalized spacial score (nSPS) is 11.0. The van der Waals surface area contributed by atoms with Crippen molar-refractivity contribution in [1.82, 2.24) is 10.2 Å². The summed E-state index contributed by atoms with van der Waals surface area (Å²) in [6.45, 7) is 0. The number of rotatable bonds is 3. The molecule has 0 spiro atoms. The van der Waals surface area contributed by atoms with Crippen molar-refractivity contribution >= 4 is 12.2 Å². The van der Waals surface area contributed by atoms with Gasteiger partial charge in [0.05, 0.1) is 0 Å². The molecule has 0 unspecified atom stereocenters. The van der Waals surface area contributed by atoms with E-state index in [0.29, 0.717) is 11.5 Å². The third-order valence-electron chi connectivity index (χ3n) is 2.69. The molecule has 0 atom stereocenters. The molecule has 0 saturated carbocycles. The fourth-order valence-corrected chi connectivity index (χ4v) is 1.69. The molecule has 0 radical (unpaired) electrons. The number of hydrogen-bond acceptors (Lipinski definition) is 5. The third-order valence-corrected chi connectivity index (χ3v) is 2.69. The van der Waals surface area contributed by atoms with E-state index in [1.807, 2.05) is 36.4 Å². The van der Waals surface area contributed by atoms with E-state index in [1.165, 1.54) is 6.21 Å². The summed E-state index contributed by atoms with van der Waals surface area (Å²) in [5.41, 5.74) is 1.43. The van der Waals surface area contributed by atoms with E-state index >= 15 is 0 Å². The van der Waals surface area contributed by atoms with Gasteiger partial charge < -0.3 is 9.52 Å². The Kier molecular flexibility index (Phi) is 3.24. The molecule has 3 aromatic rings. The second-order valence-electron chi connectivity index (χ2n) is 4.07. The first-order valence-corrected chi connectivity index (χ1v) is 6.04. The van der Waals surface area contributed by atoms with Crippen molar-refractivity contribution in [2.45, 2.75) is 0 Å². The highest BCUT2D eigenvalue weighted by molar-refractivity contribution is 5.84. The standard InChI is InChI=1S/C15H11N3O2/c19-13-9-5-4-8-12(13)10-16-15-18-17-14(20-15)11-6-2-1-3-7-11/h1-10,19H. The van der Waals surface area contributed by atoms with Gasteiger partial charge in [0.1, 0.15) is 5.75 Å². The van der Waals surface area contributed by atoms with Crippen molar-refractivity contribution in [2.75, 3.05) is 0 Å². The van der Waals surface area contributed by atoms with Crippen LogP contribution in [0.15, 0.2) is 64.0 Å². The molecule has 5 nitrogen and oxygen atoms in total.